The van der Waals surface area contributed by atoms with E-state index in [1.807, 2.05) is 36.4 Å². The monoisotopic (exact) mass is 328 g/mol. The molecule has 0 fully saturated rings. The topological polar surface area (TPSA) is 100 Å². The van der Waals surface area contributed by atoms with Crippen LogP contribution in [0, 0.1) is 0 Å². The van der Waals surface area contributed by atoms with E-state index in [9.17, 15) is 13.2 Å². The molecule has 3 rings (SSSR count). The number of hydrogen-bond donors (Lipinski definition) is 2. The largest absolute Gasteiger partial charge is 0.333 e. The summed E-state index contributed by atoms with van der Waals surface area (Å²) < 4.78 is 31.0. The molecule has 116 valence electrons. The van der Waals surface area contributed by atoms with Gasteiger partial charge in [-0.05, 0) is 11.1 Å². The molecule has 0 saturated heterocycles. The zero-order valence-corrected chi connectivity index (χ0v) is 12.6. The molecular formula is C16H12N2O4S. The summed E-state index contributed by atoms with van der Waals surface area (Å²) in [5, 5.41) is -0.655. The maximum atomic E-state index is 12.6. The molecule has 0 atom stereocenters. The number of rotatable bonds is 4. The molecule has 7 heteroatoms. The number of H-pyrrole nitrogens is 1. The van der Waals surface area contributed by atoms with E-state index in [1.165, 1.54) is 0 Å². The fourth-order valence-electron chi connectivity index (χ4n) is 2.24. The van der Waals surface area contributed by atoms with Gasteiger partial charge < -0.3 is 4.98 Å². The summed E-state index contributed by atoms with van der Waals surface area (Å²) in [5.74, 6) is -0.435. The Morgan fingerprint density at radius 3 is 2.30 bits per heavy atom. The third-order valence-corrected chi connectivity index (χ3v) is 3.99. The number of benzene rings is 2. The first-order valence-electron chi connectivity index (χ1n) is 6.69. The van der Waals surface area contributed by atoms with E-state index < -0.39 is 21.1 Å². The highest BCUT2D eigenvalue weighted by Crippen LogP contribution is 2.25. The van der Waals surface area contributed by atoms with Gasteiger partial charge in [-0.1, -0.05) is 54.6 Å². The number of ketones is 1. The first-order valence-corrected chi connectivity index (χ1v) is 8.13. The molecule has 2 N–H and O–H groups in total. The van der Waals surface area contributed by atoms with E-state index in [1.54, 1.807) is 18.2 Å². The van der Waals surface area contributed by atoms with Crippen LogP contribution < -0.4 is 0 Å². The third kappa shape index (κ3) is 3.05. The van der Waals surface area contributed by atoms with Gasteiger partial charge in [0, 0.05) is 11.8 Å². The van der Waals surface area contributed by atoms with Crippen LogP contribution in [0.2, 0.25) is 0 Å². The van der Waals surface area contributed by atoms with Crippen molar-refractivity contribution in [2.24, 2.45) is 0 Å². The fraction of sp³-hybridized carbons (Fsp3) is 0. The van der Waals surface area contributed by atoms with Crippen molar-refractivity contribution in [3.63, 3.8) is 0 Å². The van der Waals surface area contributed by atoms with Crippen molar-refractivity contribution < 1.29 is 17.8 Å². The van der Waals surface area contributed by atoms with Crippen LogP contribution in [-0.2, 0) is 10.1 Å². The molecule has 0 radical (unpaired) electrons. The molecule has 1 aromatic heterocycles. The molecule has 23 heavy (non-hydrogen) atoms. The number of nitrogens with zero attached hydrogens (tertiary/aromatic N) is 1. The van der Waals surface area contributed by atoms with Crippen LogP contribution >= 0.6 is 0 Å². The smallest absolute Gasteiger partial charge is 0.328 e. The van der Waals surface area contributed by atoms with Crippen LogP contribution in [0.5, 0.6) is 0 Å². The summed E-state index contributed by atoms with van der Waals surface area (Å²) in [6, 6.07) is 16.3. The van der Waals surface area contributed by atoms with Crippen molar-refractivity contribution in [2.45, 2.75) is 5.16 Å². The molecule has 1 heterocycles. The highest BCUT2D eigenvalue weighted by molar-refractivity contribution is 7.85. The SMILES string of the molecule is O=C(c1c[nH]c(S(=O)(=O)O)n1)c1ccccc1-c1ccccc1. The van der Waals surface area contributed by atoms with E-state index in [0.717, 1.165) is 17.3 Å². The normalized spacial score (nSPS) is 11.3. The van der Waals surface area contributed by atoms with Crippen molar-refractivity contribution in [3.8, 4) is 11.1 Å². The van der Waals surface area contributed by atoms with Crippen LogP contribution in [0.1, 0.15) is 16.1 Å². The molecule has 3 aromatic rings. The van der Waals surface area contributed by atoms with Gasteiger partial charge in [0.05, 0.1) is 0 Å². The lowest BCUT2D eigenvalue weighted by molar-refractivity contribution is 0.103. The van der Waals surface area contributed by atoms with E-state index in [0.29, 0.717) is 5.56 Å². The first-order chi connectivity index (χ1) is 11.0. The van der Waals surface area contributed by atoms with Gasteiger partial charge in [0.2, 0.25) is 5.78 Å². The predicted molar refractivity (Wildman–Crippen MR) is 83.7 cm³/mol. The van der Waals surface area contributed by atoms with Gasteiger partial charge in [0.25, 0.3) is 5.16 Å². The average molecular weight is 328 g/mol. The van der Waals surface area contributed by atoms with Gasteiger partial charge in [0.15, 0.2) is 0 Å². The van der Waals surface area contributed by atoms with Crippen molar-refractivity contribution in [1.29, 1.82) is 0 Å². The van der Waals surface area contributed by atoms with Crippen LogP contribution in [0.3, 0.4) is 0 Å². The summed E-state index contributed by atoms with van der Waals surface area (Å²) in [7, 11) is -4.48. The molecule has 6 nitrogen and oxygen atoms in total. The Kier molecular flexibility index (Phi) is 3.81. The van der Waals surface area contributed by atoms with Gasteiger partial charge in [-0.3, -0.25) is 9.35 Å². The van der Waals surface area contributed by atoms with Gasteiger partial charge in [-0.2, -0.15) is 8.42 Å². The lowest BCUT2D eigenvalue weighted by atomic mass is 9.96. The van der Waals surface area contributed by atoms with Crippen molar-refractivity contribution in [1.82, 2.24) is 9.97 Å². The Labute approximate surface area is 132 Å². The summed E-state index contributed by atoms with van der Waals surface area (Å²) in [4.78, 5) is 18.6. The zero-order chi connectivity index (χ0) is 16.4. The molecule has 0 spiro atoms. The predicted octanol–water partition coefficient (Wildman–Crippen LogP) is 2.55. The molecule has 0 amide bonds. The number of nitrogens with one attached hydrogen (secondary N) is 1. The number of carbonyl (C=O) groups is 1. The summed E-state index contributed by atoms with van der Waals surface area (Å²) in [6.07, 6.45) is 1.16. The fourth-order valence-corrected chi connectivity index (χ4v) is 2.66. The zero-order valence-electron chi connectivity index (χ0n) is 11.8. The number of carbonyl (C=O) groups excluding carboxylic acids is 1. The van der Waals surface area contributed by atoms with Crippen LogP contribution in [0.15, 0.2) is 66.0 Å². The standard InChI is InChI=1S/C16H12N2O4S/c19-15(14-10-17-16(18-14)23(20,21)22)13-9-5-4-8-12(13)11-6-2-1-3-7-11/h1-10H,(H,17,18)(H,20,21,22). The second-order valence-electron chi connectivity index (χ2n) is 4.81. The van der Waals surface area contributed by atoms with Crippen molar-refractivity contribution in [2.75, 3.05) is 0 Å². The Morgan fingerprint density at radius 2 is 1.65 bits per heavy atom. The molecular weight excluding hydrogens is 316 g/mol. The van der Waals surface area contributed by atoms with Crippen molar-refractivity contribution >= 4 is 15.9 Å². The molecule has 0 aliphatic rings. The minimum absolute atomic E-state index is 0.0824. The lowest BCUT2D eigenvalue weighted by Crippen LogP contribution is -2.05. The maximum absolute atomic E-state index is 12.6. The Balaban J connectivity index is 2.06. The van der Waals surface area contributed by atoms with E-state index >= 15 is 0 Å². The molecule has 2 aromatic carbocycles. The number of imidazole rings is 1. The van der Waals surface area contributed by atoms with Gasteiger partial charge in [0.1, 0.15) is 5.69 Å². The quantitative estimate of drug-likeness (QED) is 0.566. The second kappa shape index (κ2) is 5.79. The summed E-state index contributed by atoms with van der Waals surface area (Å²) >= 11 is 0. The average Bonchev–Trinajstić information content (AvgIpc) is 3.05. The summed E-state index contributed by atoms with van der Waals surface area (Å²) in [5.41, 5.74) is 1.89. The maximum Gasteiger partial charge on any atom is 0.328 e. The molecule has 0 bridgehead atoms. The number of aromatic amines is 1. The molecule has 0 aliphatic heterocycles. The van der Waals surface area contributed by atoms with E-state index in [-0.39, 0.29) is 5.69 Å². The second-order valence-corrected chi connectivity index (χ2v) is 6.14. The first kappa shape index (κ1) is 15.1. The van der Waals surface area contributed by atoms with Crippen LogP contribution in [0.25, 0.3) is 11.1 Å². The Morgan fingerprint density at radius 1 is 1.00 bits per heavy atom. The molecule has 0 aliphatic carbocycles. The highest BCUT2D eigenvalue weighted by atomic mass is 32.2. The third-order valence-electron chi connectivity index (χ3n) is 3.29. The van der Waals surface area contributed by atoms with Gasteiger partial charge in [-0.25, -0.2) is 4.98 Å². The molecule has 0 saturated carbocycles. The Hall–Kier alpha value is -2.77. The summed E-state index contributed by atoms with van der Waals surface area (Å²) in [6.45, 7) is 0. The Bertz CT molecular complexity index is 963. The van der Waals surface area contributed by atoms with Crippen molar-refractivity contribution in [3.05, 3.63) is 72.1 Å². The number of aromatic nitrogens is 2. The number of hydrogen-bond acceptors (Lipinski definition) is 4. The lowest BCUT2D eigenvalue weighted by Gasteiger charge is -2.07. The highest BCUT2D eigenvalue weighted by Gasteiger charge is 2.20. The minimum atomic E-state index is -4.48. The van der Waals surface area contributed by atoms with E-state index in [2.05, 4.69) is 9.97 Å². The van der Waals surface area contributed by atoms with E-state index in [4.69, 9.17) is 4.55 Å². The molecule has 0 unspecified atom stereocenters. The van der Waals surface area contributed by atoms with Gasteiger partial charge >= 0.3 is 10.1 Å². The van der Waals surface area contributed by atoms with Crippen LogP contribution in [0.4, 0.5) is 0 Å². The van der Waals surface area contributed by atoms with Crippen LogP contribution in [-0.4, -0.2) is 28.7 Å². The van der Waals surface area contributed by atoms with Gasteiger partial charge in [-0.15, -0.1) is 0 Å². The minimum Gasteiger partial charge on any atom is -0.333 e.